The van der Waals surface area contributed by atoms with Crippen molar-refractivity contribution in [3.63, 3.8) is 0 Å². The van der Waals surface area contributed by atoms with Gasteiger partial charge in [0.05, 0.1) is 5.75 Å². The van der Waals surface area contributed by atoms with Crippen molar-refractivity contribution in [2.75, 3.05) is 25.2 Å². The Morgan fingerprint density at radius 1 is 1.43 bits per heavy atom. The number of hydrogen-bond acceptors (Lipinski definition) is 4. The first kappa shape index (κ1) is 18.2. The van der Waals surface area contributed by atoms with Crippen LogP contribution in [0.1, 0.15) is 36.4 Å². The summed E-state index contributed by atoms with van der Waals surface area (Å²) in [5.41, 5.74) is 8.72. The molecule has 1 aromatic carbocycles. The molecule has 21 heavy (non-hydrogen) atoms. The number of aryl methyl sites for hydroxylation is 1. The van der Waals surface area contributed by atoms with Crippen LogP contribution in [-0.2, 0) is 21.2 Å². The highest BCUT2D eigenvalue weighted by Gasteiger charge is 2.24. The summed E-state index contributed by atoms with van der Waals surface area (Å²) < 4.78 is 31.8. The van der Waals surface area contributed by atoms with Gasteiger partial charge in [0.1, 0.15) is 0 Å². The predicted molar refractivity (Wildman–Crippen MR) is 87.2 cm³/mol. The maximum absolute atomic E-state index is 12.1. The van der Waals surface area contributed by atoms with Crippen molar-refractivity contribution in [3.05, 3.63) is 29.3 Å². The Labute approximate surface area is 132 Å². The second-order valence-corrected chi connectivity index (χ2v) is 7.06. The summed E-state index contributed by atoms with van der Waals surface area (Å²) in [6.45, 7) is 0.457. The summed E-state index contributed by atoms with van der Waals surface area (Å²) in [5, 5.41) is 0. The van der Waals surface area contributed by atoms with Crippen molar-refractivity contribution in [3.8, 4) is 0 Å². The average molecular weight is 335 g/mol. The van der Waals surface area contributed by atoms with Gasteiger partial charge in [-0.2, -0.15) is 0 Å². The van der Waals surface area contributed by atoms with E-state index in [1.54, 1.807) is 7.11 Å². The van der Waals surface area contributed by atoms with Crippen molar-refractivity contribution in [1.82, 2.24) is 4.72 Å². The van der Waals surface area contributed by atoms with E-state index in [-0.39, 0.29) is 24.2 Å². The van der Waals surface area contributed by atoms with Gasteiger partial charge in [0.2, 0.25) is 10.0 Å². The Morgan fingerprint density at radius 2 is 2.19 bits per heavy atom. The van der Waals surface area contributed by atoms with E-state index in [9.17, 15) is 8.42 Å². The molecule has 0 radical (unpaired) electrons. The van der Waals surface area contributed by atoms with Gasteiger partial charge in [-0.1, -0.05) is 6.07 Å². The lowest BCUT2D eigenvalue weighted by molar-refractivity contribution is 0.199. The zero-order valence-electron chi connectivity index (χ0n) is 12.2. The predicted octanol–water partition coefficient (Wildman–Crippen LogP) is 2.02. The largest absolute Gasteiger partial charge is 0.399 e. The van der Waals surface area contributed by atoms with Gasteiger partial charge in [-0.25, -0.2) is 13.1 Å². The van der Waals surface area contributed by atoms with E-state index in [2.05, 4.69) is 4.72 Å². The fourth-order valence-electron chi connectivity index (χ4n) is 2.63. The highest BCUT2D eigenvalue weighted by molar-refractivity contribution is 7.89. The molecule has 0 aliphatic heterocycles. The Bertz CT molecular complexity index is 563. The minimum absolute atomic E-state index is 0. The Balaban J connectivity index is 0.00000220. The summed E-state index contributed by atoms with van der Waals surface area (Å²) in [6.07, 6.45) is 3.28. The van der Waals surface area contributed by atoms with Crippen LogP contribution in [0.15, 0.2) is 18.2 Å². The van der Waals surface area contributed by atoms with E-state index in [1.165, 1.54) is 0 Å². The number of rotatable bonds is 6. The summed E-state index contributed by atoms with van der Waals surface area (Å²) in [5.74, 6) is 0.0989. The minimum Gasteiger partial charge on any atom is -0.399 e. The molecule has 3 N–H and O–H groups in total. The lowest BCUT2D eigenvalue weighted by Crippen LogP contribution is -2.33. The molecule has 0 saturated carbocycles. The van der Waals surface area contributed by atoms with Crippen molar-refractivity contribution in [2.24, 2.45) is 0 Å². The van der Waals surface area contributed by atoms with Gasteiger partial charge < -0.3 is 10.5 Å². The Hall–Kier alpha value is -0.820. The van der Waals surface area contributed by atoms with Gasteiger partial charge in [0.15, 0.2) is 0 Å². The van der Waals surface area contributed by atoms with Crippen LogP contribution >= 0.6 is 12.4 Å². The van der Waals surface area contributed by atoms with Gasteiger partial charge >= 0.3 is 0 Å². The standard InChI is InChI=1S/C14H22N2O3S.ClH/c1-19-8-3-9-20(17,18)16-14-5-2-4-11-10-12(15)6-7-13(11)14;/h6-7,10,14,16H,2-5,8-9,15H2,1H3;1H. The number of anilines is 1. The molecule has 2 rings (SSSR count). The molecule has 0 bridgehead atoms. The number of nitrogens with two attached hydrogens (primary N) is 1. The molecule has 0 fully saturated rings. The summed E-state index contributed by atoms with van der Waals surface area (Å²) in [7, 11) is -1.70. The molecule has 120 valence electrons. The first-order valence-electron chi connectivity index (χ1n) is 6.89. The highest BCUT2D eigenvalue weighted by Crippen LogP contribution is 2.31. The van der Waals surface area contributed by atoms with Crippen LogP contribution in [0.5, 0.6) is 0 Å². The zero-order chi connectivity index (χ0) is 14.6. The van der Waals surface area contributed by atoms with Crippen molar-refractivity contribution in [1.29, 1.82) is 0 Å². The number of ether oxygens (including phenoxy) is 1. The van der Waals surface area contributed by atoms with Crippen LogP contribution < -0.4 is 10.5 Å². The second kappa shape index (κ2) is 7.98. The van der Waals surface area contributed by atoms with Crippen LogP contribution in [0.2, 0.25) is 0 Å². The van der Waals surface area contributed by atoms with E-state index in [4.69, 9.17) is 10.5 Å². The lowest BCUT2D eigenvalue weighted by Gasteiger charge is -2.26. The van der Waals surface area contributed by atoms with Crippen LogP contribution in [0.4, 0.5) is 5.69 Å². The van der Waals surface area contributed by atoms with Crippen LogP contribution in [-0.4, -0.2) is 27.9 Å². The third-order valence-corrected chi connectivity index (χ3v) is 5.03. The van der Waals surface area contributed by atoms with Gasteiger partial charge in [0, 0.05) is 25.4 Å². The Kier molecular flexibility index (Phi) is 6.93. The van der Waals surface area contributed by atoms with Crippen molar-refractivity contribution in [2.45, 2.75) is 31.7 Å². The maximum atomic E-state index is 12.1. The third-order valence-electron chi connectivity index (χ3n) is 3.56. The maximum Gasteiger partial charge on any atom is 0.212 e. The summed E-state index contributed by atoms with van der Waals surface area (Å²) in [4.78, 5) is 0. The van der Waals surface area contributed by atoms with Gasteiger partial charge in [-0.3, -0.25) is 0 Å². The first-order chi connectivity index (χ1) is 9.52. The first-order valence-corrected chi connectivity index (χ1v) is 8.54. The molecule has 1 aliphatic carbocycles. The molecular weight excluding hydrogens is 312 g/mol. The molecule has 1 aliphatic rings. The summed E-state index contributed by atoms with van der Waals surface area (Å²) in [6, 6.07) is 5.58. The van der Waals surface area contributed by atoms with E-state index < -0.39 is 10.0 Å². The highest BCUT2D eigenvalue weighted by atomic mass is 35.5. The van der Waals surface area contributed by atoms with Crippen LogP contribution in [0, 0.1) is 0 Å². The average Bonchev–Trinajstić information content (AvgIpc) is 2.38. The van der Waals surface area contributed by atoms with E-state index in [0.29, 0.717) is 13.0 Å². The zero-order valence-corrected chi connectivity index (χ0v) is 13.8. The number of sulfonamides is 1. The molecule has 0 saturated heterocycles. The molecule has 0 heterocycles. The van der Waals surface area contributed by atoms with Crippen LogP contribution in [0.3, 0.4) is 0 Å². The van der Waals surface area contributed by atoms with Gasteiger partial charge in [0.25, 0.3) is 0 Å². The molecule has 0 spiro atoms. The number of nitrogen functional groups attached to an aromatic ring is 1. The quantitative estimate of drug-likeness (QED) is 0.616. The lowest BCUT2D eigenvalue weighted by atomic mass is 9.88. The smallest absolute Gasteiger partial charge is 0.212 e. The monoisotopic (exact) mass is 334 g/mol. The normalized spacial score (nSPS) is 17.9. The number of hydrogen-bond donors (Lipinski definition) is 2. The minimum atomic E-state index is -3.27. The molecule has 5 nitrogen and oxygen atoms in total. The van der Waals surface area contributed by atoms with E-state index in [0.717, 1.165) is 36.1 Å². The number of benzene rings is 1. The third kappa shape index (κ3) is 5.14. The van der Waals surface area contributed by atoms with E-state index >= 15 is 0 Å². The fourth-order valence-corrected chi connectivity index (χ4v) is 3.92. The van der Waals surface area contributed by atoms with Crippen molar-refractivity contribution >= 4 is 28.1 Å². The van der Waals surface area contributed by atoms with Crippen LogP contribution in [0.25, 0.3) is 0 Å². The fraction of sp³-hybridized carbons (Fsp3) is 0.571. The molecule has 1 atom stereocenters. The number of halogens is 1. The molecule has 1 aromatic rings. The SMILES string of the molecule is COCCCS(=O)(=O)NC1CCCc2cc(N)ccc21.Cl. The Morgan fingerprint density at radius 3 is 2.90 bits per heavy atom. The molecule has 7 heteroatoms. The number of fused-ring (bicyclic) bond motifs is 1. The van der Waals surface area contributed by atoms with Gasteiger partial charge in [-0.05, 0) is 48.9 Å². The molecule has 1 unspecified atom stereocenters. The van der Waals surface area contributed by atoms with Crippen molar-refractivity contribution < 1.29 is 13.2 Å². The molecule has 0 amide bonds. The topological polar surface area (TPSA) is 81.4 Å². The molecular formula is C14H23ClN2O3S. The number of methoxy groups -OCH3 is 1. The van der Waals surface area contributed by atoms with Gasteiger partial charge in [-0.15, -0.1) is 12.4 Å². The molecule has 0 aromatic heterocycles. The number of nitrogens with one attached hydrogen (secondary N) is 1. The summed E-state index contributed by atoms with van der Waals surface area (Å²) >= 11 is 0. The van der Waals surface area contributed by atoms with E-state index in [1.807, 2.05) is 18.2 Å². The second-order valence-electron chi connectivity index (χ2n) is 5.19.